The van der Waals surface area contributed by atoms with Crippen molar-refractivity contribution in [3.8, 4) is 11.3 Å². The minimum Gasteiger partial charge on any atom is -0.378 e. The number of piperidine rings is 1. The van der Waals surface area contributed by atoms with Crippen molar-refractivity contribution in [2.45, 2.75) is 31.1 Å². The maximum absolute atomic E-state index is 13.9. The number of ether oxygens (including phenoxy) is 1. The largest absolute Gasteiger partial charge is 0.419 e. The summed E-state index contributed by atoms with van der Waals surface area (Å²) in [5.41, 5.74) is -0.131. The highest BCUT2D eigenvalue weighted by Crippen LogP contribution is 2.39. The Morgan fingerprint density at radius 2 is 1.97 bits per heavy atom. The molecule has 1 saturated carbocycles. The summed E-state index contributed by atoms with van der Waals surface area (Å²) in [6.07, 6.45) is -0.00332. The van der Waals surface area contributed by atoms with Crippen molar-refractivity contribution in [2.24, 2.45) is 5.92 Å². The van der Waals surface area contributed by atoms with Gasteiger partial charge in [0.05, 0.1) is 18.9 Å². The van der Waals surface area contributed by atoms with Crippen molar-refractivity contribution >= 4 is 22.8 Å². The van der Waals surface area contributed by atoms with E-state index in [0.29, 0.717) is 41.8 Å². The van der Waals surface area contributed by atoms with Gasteiger partial charge in [-0.25, -0.2) is 15.0 Å². The van der Waals surface area contributed by atoms with Gasteiger partial charge in [0.25, 0.3) is 0 Å². The van der Waals surface area contributed by atoms with Gasteiger partial charge in [0, 0.05) is 55.1 Å². The third kappa shape index (κ3) is 3.68. The Morgan fingerprint density at radius 1 is 1.12 bits per heavy atom. The summed E-state index contributed by atoms with van der Waals surface area (Å²) in [5, 5.41) is 7.31. The molecular formula is C22H24F3N7O. The monoisotopic (exact) mass is 459 g/mol. The topological polar surface area (TPSA) is 91.0 Å². The molecule has 3 aromatic heterocycles. The maximum atomic E-state index is 13.9. The number of halogens is 3. The molecular weight excluding hydrogens is 435 g/mol. The van der Waals surface area contributed by atoms with Crippen LogP contribution >= 0.6 is 0 Å². The SMILES string of the molecule is FC(F)(F)c1cnc(NC2C3CCC2NC3)nc1-c1c[nH]c2nc(N3CCOCC3)ccc12. The highest BCUT2D eigenvalue weighted by molar-refractivity contribution is 5.94. The average Bonchev–Trinajstić information content (AvgIpc) is 3.53. The Hall–Kier alpha value is -2.92. The lowest BCUT2D eigenvalue weighted by Crippen LogP contribution is -2.36. The number of nitrogens with zero attached hydrogens (tertiary/aromatic N) is 4. The number of nitrogens with one attached hydrogen (secondary N) is 3. The zero-order valence-corrected chi connectivity index (χ0v) is 17.8. The van der Waals surface area contributed by atoms with E-state index >= 15 is 0 Å². The number of alkyl halides is 3. The number of fused-ring (bicyclic) bond motifs is 3. The number of rotatable bonds is 4. The van der Waals surface area contributed by atoms with Gasteiger partial charge in [-0.1, -0.05) is 0 Å². The molecule has 0 radical (unpaired) electrons. The van der Waals surface area contributed by atoms with Crippen LogP contribution in [0.2, 0.25) is 0 Å². The van der Waals surface area contributed by atoms with Crippen molar-refractivity contribution in [3.63, 3.8) is 0 Å². The zero-order valence-electron chi connectivity index (χ0n) is 17.8. The van der Waals surface area contributed by atoms with Crippen molar-refractivity contribution in [1.29, 1.82) is 0 Å². The summed E-state index contributed by atoms with van der Waals surface area (Å²) in [5.74, 6) is 1.43. The van der Waals surface area contributed by atoms with E-state index in [9.17, 15) is 13.2 Å². The van der Waals surface area contributed by atoms with Crippen LogP contribution in [0.1, 0.15) is 18.4 Å². The van der Waals surface area contributed by atoms with Gasteiger partial charge in [-0.3, -0.25) is 0 Å². The molecule has 5 heterocycles. The van der Waals surface area contributed by atoms with E-state index in [0.717, 1.165) is 44.5 Å². The van der Waals surface area contributed by atoms with Gasteiger partial charge in [0.1, 0.15) is 17.0 Å². The predicted octanol–water partition coefficient (Wildman–Crippen LogP) is 3.04. The van der Waals surface area contributed by atoms with E-state index in [1.54, 1.807) is 12.3 Å². The summed E-state index contributed by atoms with van der Waals surface area (Å²) in [6.45, 7) is 3.61. The van der Waals surface area contributed by atoms with E-state index in [4.69, 9.17) is 4.74 Å². The van der Waals surface area contributed by atoms with Crippen LogP contribution < -0.4 is 15.5 Å². The van der Waals surface area contributed by atoms with Gasteiger partial charge in [-0.05, 0) is 30.9 Å². The van der Waals surface area contributed by atoms with Gasteiger partial charge >= 0.3 is 6.18 Å². The highest BCUT2D eigenvalue weighted by atomic mass is 19.4. The first-order valence-electron chi connectivity index (χ1n) is 11.2. The van der Waals surface area contributed by atoms with Gasteiger partial charge < -0.3 is 25.3 Å². The number of morpholine rings is 1. The molecule has 1 aliphatic carbocycles. The summed E-state index contributed by atoms with van der Waals surface area (Å²) in [6, 6.07) is 4.08. The first kappa shape index (κ1) is 20.7. The molecule has 2 saturated heterocycles. The second kappa shape index (κ2) is 7.84. The number of anilines is 2. The third-order valence-corrected chi connectivity index (χ3v) is 6.94. The number of aromatic amines is 1. The Bertz CT molecular complexity index is 1150. The van der Waals surface area contributed by atoms with Crippen LogP contribution in [0, 0.1) is 5.92 Å². The molecule has 6 rings (SSSR count). The lowest BCUT2D eigenvalue weighted by atomic mass is 10.1. The molecule has 3 fully saturated rings. The second-order valence-corrected chi connectivity index (χ2v) is 8.84. The van der Waals surface area contributed by atoms with E-state index in [1.807, 2.05) is 6.07 Å². The first-order chi connectivity index (χ1) is 16.0. The first-order valence-corrected chi connectivity index (χ1v) is 11.2. The molecule has 3 aliphatic rings. The molecule has 2 bridgehead atoms. The van der Waals surface area contributed by atoms with Crippen LogP contribution in [0.15, 0.2) is 24.5 Å². The Labute approximate surface area is 188 Å². The molecule has 0 spiro atoms. The molecule has 3 N–H and O–H groups in total. The summed E-state index contributed by atoms with van der Waals surface area (Å²) < 4.78 is 47.0. The number of hydrogen-bond donors (Lipinski definition) is 3. The van der Waals surface area contributed by atoms with E-state index < -0.39 is 11.7 Å². The smallest absolute Gasteiger partial charge is 0.378 e. The predicted molar refractivity (Wildman–Crippen MR) is 117 cm³/mol. The molecule has 3 unspecified atom stereocenters. The molecule has 3 aromatic rings. The van der Waals surface area contributed by atoms with Crippen LogP contribution in [-0.2, 0) is 10.9 Å². The molecule has 2 aliphatic heterocycles. The van der Waals surface area contributed by atoms with E-state index in [-0.39, 0.29) is 17.7 Å². The van der Waals surface area contributed by atoms with Gasteiger partial charge in [0.15, 0.2) is 0 Å². The van der Waals surface area contributed by atoms with Crippen molar-refractivity contribution in [1.82, 2.24) is 25.3 Å². The van der Waals surface area contributed by atoms with Crippen LogP contribution in [-0.4, -0.2) is 64.9 Å². The van der Waals surface area contributed by atoms with Gasteiger partial charge in [0.2, 0.25) is 5.95 Å². The fourth-order valence-electron chi connectivity index (χ4n) is 5.23. The molecule has 0 aromatic carbocycles. The Morgan fingerprint density at radius 3 is 2.67 bits per heavy atom. The normalized spacial score (nSPS) is 25.2. The van der Waals surface area contributed by atoms with Gasteiger partial charge in [-0.15, -0.1) is 0 Å². The molecule has 33 heavy (non-hydrogen) atoms. The molecule has 0 amide bonds. The minimum atomic E-state index is -4.58. The van der Waals surface area contributed by atoms with Crippen molar-refractivity contribution in [3.05, 3.63) is 30.1 Å². The summed E-state index contributed by atoms with van der Waals surface area (Å²) in [4.78, 5) is 18.1. The highest BCUT2D eigenvalue weighted by Gasteiger charge is 2.42. The van der Waals surface area contributed by atoms with Crippen molar-refractivity contribution < 1.29 is 17.9 Å². The average molecular weight is 459 g/mol. The quantitative estimate of drug-likeness (QED) is 0.553. The minimum absolute atomic E-state index is 0.135. The summed E-state index contributed by atoms with van der Waals surface area (Å²) >= 11 is 0. The molecule has 174 valence electrons. The number of pyridine rings is 1. The van der Waals surface area contributed by atoms with Crippen LogP contribution in [0.5, 0.6) is 0 Å². The Balaban J connectivity index is 1.38. The summed E-state index contributed by atoms with van der Waals surface area (Å²) in [7, 11) is 0. The van der Waals surface area contributed by atoms with Crippen LogP contribution in [0.25, 0.3) is 22.3 Å². The Kier molecular flexibility index (Phi) is 4.91. The fourth-order valence-corrected chi connectivity index (χ4v) is 5.23. The number of aromatic nitrogens is 4. The van der Waals surface area contributed by atoms with Gasteiger partial charge in [-0.2, -0.15) is 13.2 Å². The number of hydrogen-bond acceptors (Lipinski definition) is 7. The lowest BCUT2D eigenvalue weighted by Gasteiger charge is -2.27. The molecule has 3 atom stereocenters. The number of H-pyrrole nitrogens is 1. The van der Waals surface area contributed by atoms with E-state index in [2.05, 4.69) is 35.5 Å². The molecule has 8 nitrogen and oxygen atoms in total. The second-order valence-electron chi connectivity index (χ2n) is 8.84. The van der Waals surface area contributed by atoms with Crippen molar-refractivity contribution in [2.75, 3.05) is 43.1 Å². The fraction of sp³-hybridized carbons (Fsp3) is 0.500. The standard InChI is InChI=1S/C22H24F3N7O/c23-22(24,25)15-11-28-21(30-18-12-1-3-16(18)26-9-12)31-19(15)14-10-27-20-13(14)2-4-17(29-20)32-5-7-33-8-6-32/h2,4,10-12,16,18,26H,1,3,5-9H2,(H,27,29)(H,28,30,31). The third-order valence-electron chi connectivity index (χ3n) is 6.94. The molecule has 11 heteroatoms. The maximum Gasteiger partial charge on any atom is 0.419 e. The van der Waals surface area contributed by atoms with Crippen LogP contribution in [0.4, 0.5) is 24.9 Å². The van der Waals surface area contributed by atoms with E-state index in [1.165, 1.54) is 0 Å². The van der Waals surface area contributed by atoms with Crippen LogP contribution in [0.3, 0.4) is 0 Å². The zero-order chi connectivity index (χ0) is 22.6. The lowest BCUT2D eigenvalue weighted by molar-refractivity contribution is -0.137.